The van der Waals surface area contributed by atoms with Gasteiger partial charge in [-0.1, -0.05) is 95.0 Å². The van der Waals surface area contributed by atoms with Crippen molar-refractivity contribution in [1.82, 2.24) is 24.7 Å². The first-order chi connectivity index (χ1) is 20.0. The molecule has 0 spiro atoms. The molecule has 3 rings (SSSR count). The molecule has 2 unspecified atom stereocenters. The Kier molecular flexibility index (Phi) is 15.1. The zero-order valence-corrected chi connectivity index (χ0v) is 27.8. The van der Waals surface area contributed by atoms with E-state index >= 15 is 0 Å². The van der Waals surface area contributed by atoms with Crippen molar-refractivity contribution in [2.45, 2.75) is 83.2 Å². The molecule has 2 aliphatic heterocycles. The Morgan fingerprint density at radius 2 is 1.49 bits per heavy atom. The van der Waals surface area contributed by atoms with E-state index in [2.05, 4.69) is 17.6 Å². The van der Waals surface area contributed by atoms with Crippen molar-refractivity contribution in [1.29, 1.82) is 0 Å². The smallest absolute Gasteiger partial charge is 0.731 e. The molecule has 232 valence electrons. The number of hydrogen-bond donors (Lipinski definition) is 2. The summed E-state index contributed by atoms with van der Waals surface area (Å²) in [6.45, 7) is 2.22. The molecular formula is C28H40N5NaO8S. The third kappa shape index (κ3) is 10.6. The maximum absolute atomic E-state index is 13.1. The molecule has 2 atom stereocenters. The van der Waals surface area contributed by atoms with Crippen molar-refractivity contribution in [2.24, 2.45) is 0 Å². The van der Waals surface area contributed by atoms with Crippen LogP contribution in [0.4, 0.5) is 4.79 Å². The summed E-state index contributed by atoms with van der Waals surface area (Å²) < 4.78 is 33.3. The molecule has 43 heavy (non-hydrogen) atoms. The molecule has 2 saturated heterocycles. The van der Waals surface area contributed by atoms with Gasteiger partial charge in [0, 0.05) is 19.6 Å². The Hall–Kier alpha value is -2.52. The number of benzene rings is 1. The Bertz CT molecular complexity index is 1230. The van der Waals surface area contributed by atoms with E-state index in [-0.39, 0.29) is 47.0 Å². The van der Waals surface area contributed by atoms with Crippen molar-refractivity contribution < 1.29 is 66.5 Å². The fourth-order valence-electron chi connectivity index (χ4n) is 4.98. The number of nitrogens with one attached hydrogen (secondary N) is 2. The molecule has 15 heteroatoms. The summed E-state index contributed by atoms with van der Waals surface area (Å²) in [7, 11) is -4.99. The Morgan fingerprint density at radius 1 is 0.907 bits per heavy atom. The van der Waals surface area contributed by atoms with E-state index < -0.39 is 58.6 Å². The second-order valence-corrected chi connectivity index (χ2v) is 11.9. The van der Waals surface area contributed by atoms with Crippen LogP contribution in [0.3, 0.4) is 0 Å². The third-order valence-corrected chi connectivity index (χ3v) is 8.35. The van der Waals surface area contributed by atoms with Crippen molar-refractivity contribution in [3.8, 4) is 0 Å². The largest absolute Gasteiger partial charge is 1.00 e. The van der Waals surface area contributed by atoms with Gasteiger partial charge in [-0.3, -0.25) is 24.1 Å². The maximum atomic E-state index is 13.1. The minimum Gasteiger partial charge on any atom is -0.731 e. The number of amides is 6. The molecule has 2 N–H and O–H groups in total. The molecule has 1 aromatic rings. The fourth-order valence-corrected chi connectivity index (χ4v) is 5.66. The number of unbranched alkanes of at least 4 members (excludes halogenated alkanes) is 9. The van der Waals surface area contributed by atoms with Gasteiger partial charge < -0.3 is 20.1 Å². The average Bonchev–Trinajstić information content (AvgIpc) is 2.96. The van der Waals surface area contributed by atoms with Gasteiger partial charge in [0.15, 0.2) is 10.3 Å². The van der Waals surface area contributed by atoms with Crippen molar-refractivity contribution in [2.75, 3.05) is 26.2 Å². The van der Waals surface area contributed by atoms with Gasteiger partial charge in [0.2, 0.25) is 5.91 Å². The third-order valence-electron chi connectivity index (χ3n) is 7.48. The molecule has 0 radical (unpaired) electrons. The summed E-state index contributed by atoms with van der Waals surface area (Å²) in [5.41, 5.74) is 0.321. The SMILES string of the molecule is CCCCCCCCCCCCN1CCN(C(=O)NC(C(=O)NC2CN(S(=O)(=O)[O-])C2=O)c2ccccc2)C(=O)C1=O.[Na+]. The zero-order valence-electron chi connectivity index (χ0n) is 25.0. The number of carbonyl (C=O) groups is 5. The van der Waals surface area contributed by atoms with Crippen LogP contribution >= 0.6 is 0 Å². The molecule has 0 aliphatic carbocycles. The molecule has 2 fully saturated rings. The van der Waals surface area contributed by atoms with Crippen LogP contribution in [-0.4, -0.2) is 89.0 Å². The second-order valence-electron chi connectivity index (χ2n) is 10.6. The van der Waals surface area contributed by atoms with Gasteiger partial charge in [-0.15, -0.1) is 0 Å². The van der Waals surface area contributed by atoms with Crippen LogP contribution in [-0.2, 0) is 29.5 Å². The van der Waals surface area contributed by atoms with Crippen molar-refractivity contribution in [3.05, 3.63) is 35.9 Å². The Morgan fingerprint density at radius 3 is 2.05 bits per heavy atom. The molecule has 0 saturated carbocycles. The van der Waals surface area contributed by atoms with Gasteiger partial charge in [0.25, 0.3) is 5.91 Å². The fraction of sp³-hybridized carbons (Fsp3) is 0.607. The number of hydrogen-bond acceptors (Lipinski definition) is 8. The monoisotopic (exact) mass is 629 g/mol. The number of imide groups is 1. The topological polar surface area (TPSA) is 176 Å². The van der Waals surface area contributed by atoms with Gasteiger partial charge in [-0.05, 0) is 12.0 Å². The Balaban J connectivity index is 0.00000645. The van der Waals surface area contributed by atoms with Crippen molar-refractivity contribution >= 4 is 40.0 Å². The van der Waals surface area contributed by atoms with Gasteiger partial charge in [-0.2, -0.15) is 0 Å². The van der Waals surface area contributed by atoms with Crippen LogP contribution in [0.25, 0.3) is 0 Å². The van der Waals surface area contributed by atoms with Crippen LogP contribution in [0.5, 0.6) is 0 Å². The van der Waals surface area contributed by atoms with Gasteiger partial charge >= 0.3 is 47.4 Å². The van der Waals surface area contributed by atoms with E-state index in [4.69, 9.17) is 0 Å². The molecule has 0 aromatic heterocycles. The number of rotatable bonds is 16. The van der Waals surface area contributed by atoms with E-state index in [1.165, 1.54) is 43.4 Å². The molecule has 13 nitrogen and oxygen atoms in total. The minimum absolute atomic E-state index is 0. The summed E-state index contributed by atoms with van der Waals surface area (Å²) in [4.78, 5) is 65.8. The van der Waals surface area contributed by atoms with E-state index in [1.54, 1.807) is 30.3 Å². The predicted molar refractivity (Wildman–Crippen MR) is 151 cm³/mol. The minimum atomic E-state index is -4.99. The summed E-state index contributed by atoms with van der Waals surface area (Å²) >= 11 is 0. The van der Waals surface area contributed by atoms with Crippen molar-refractivity contribution in [3.63, 3.8) is 0 Å². The zero-order chi connectivity index (χ0) is 30.7. The van der Waals surface area contributed by atoms with Crippen LogP contribution < -0.4 is 40.2 Å². The average molecular weight is 630 g/mol. The van der Waals surface area contributed by atoms with Crippen LogP contribution in [0, 0.1) is 0 Å². The predicted octanol–water partition coefficient (Wildman–Crippen LogP) is -1.18. The number of piperazine rings is 1. The number of carbonyl (C=O) groups excluding carboxylic acids is 5. The van der Waals surface area contributed by atoms with Crippen LogP contribution in [0.1, 0.15) is 82.7 Å². The van der Waals surface area contributed by atoms with Gasteiger partial charge in [0.05, 0.1) is 6.54 Å². The first-order valence-corrected chi connectivity index (χ1v) is 15.9. The van der Waals surface area contributed by atoms with E-state index in [0.29, 0.717) is 12.1 Å². The standard InChI is InChI=1S/C28H41N5O8S.Na/c1-2-3-4-5-6-7-8-9-10-14-17-31-18-19-32(27(37)26(31)36)28(38)30-23(21-15-12-11-13-16-21)24(34)29-22-20-33(25(22)35)42(39,40)41;/h11-13,15-16,22-23H,2-10,14,17-20H2,1H3,(H,29,34)(H,30,38)(H,39,40,41);/q;+1/p-1. The molecule has 1 aromatic carbocycles. The van der Waals surface area contributed by atoms with Gasteiger partial charge in [-0.25, -0.2) is 17.5 Å². The van der Waals surface area contributed by atoms with Crippen LogP contribution in [0.2, 0.25) is 0 Å². The molecule has 2 heterocycles. The normalized spacial score (nSPS) is 17.7. The van der Waals surface area contributed by atoms with Crippen LogP contribution in [0.15, 0.2) is 30.3 Å². The molecule has 6 amide bonds. The molecular weight excluding hydrogens is 589 g/mol. The summed E-state index contributed by atoms with van der Waals surface area (Å²) in [6, 6.07) is 4.41. The maximum Gasteiger partial charge on any atom is 1.00 e. The van der Waals surface area contributed by atoms with E-state index in [0.717, 1.165) is 30.6 Å². The van der Waals surface area contributed by atoms with Gasteiger partial charge in [0.1, 0.15) is 12.1 Å². The number of urea groups is 1. The first-order valence-electron chi connectivity index (χ1n) is 14.6. The summed E-state index contributed by atoms with van der Waals surface area (Å²) in [6.07, 6.45) is 11.5. The Labute approximate surface area is 275 Å². The second kappa shape index (κ2) is 17.7. The quantitative estimate of drug-likeness (QED) is 0.0755. The first kappa shape index (κ1) is 36.7. The van der Waals surface area contributed by atoms with E-state index in [9.17, 15) is 36.9 Å². The van der Waals surface area contributed by atoms with E-state index in [1.807, 2.05) is 0 Å². The number of nitrogens with zero attached hydrogens (tertiary/aromatic N) is 3. The molecule has 2 aliphatic rings. The summed E-state index contributed by atoms with van der Waals surface area (Å²) in [5.74, 6) is -3.72. The summed E-state index contributed by atoms with van der Waals surface area (Å²) in [5, 5.41) is 4.77. The molecule has 0 bridgehead atoms. The number of β-lactam (4-membered cyclic amide) rings is 1.